The average Bonchev–Trinajstić information content (AvgIpc) is 3.49. The predicted octanol–water partition coefficient (Wildman–Crippen LogP) is 3.04. The number of carbonyl (C=O) groups excluding carboxylic acids is 2. The van der Waals surface area contributed by atoms with Crippen LogP contribution < -0.4 is 5.32 Å². The SMILES string of the molecule is CNC(=O)[C@@]1(Cc2cc(-c3ccccc3)no2)CCN(C(=O)C2CCCC2)C1. The van der Waals surface area contributed by atoms with Gasteiger partial charge in [-0.25, -0.2) is 0 Å². The number of hydrogen-bond acceptors (Lipinski definition) is 4. The zero-order chi connectivity index (χ0) is 19.6. The monoisotopic (exact) mass is 381 g/mol. The molecule has 6 nitrogen and oxygen atoms in total. The molecule has 1 aromatic heterocycles. The maximum atomic E-state index is 12.8. The molecule has 0 radical (unpaired) electrons. The van der Waals surface area contributed by atoms with Crippen LogP contribution in [0.4, 0.5) is 0 Å². The molecule has 0 bridgehead atoms. The van der Waals surface area contributed by atoms with Gasteiger partial charge in [0.25, 0.3) is 0 Å². The van der Waals surface area contributed by atoms with Gasteiger partial charge in [-0.05, 0) is 19.3 Å². The van der Waals surface area contributed by atoms with Crippen molar-refractivity contribution in [3.05, 3.63) is 42.2 Å². The Hall–Kier alpha value is -2.63. The molecule has 2 aliphatic rings. The number of likely N-dealkylation sites (tertiary alicyclic amines) is 1. The Morgan fingerprint density at radius 1 is 1.25 bits per heavy atom. The van der Waals surface area contributed by atoms with Crippen molar-refractivity contribution in [3.63, 3.8) is 0 Å². The molecule has 2 heterocycles. The minimum atomic E-state index is -0.656. The van der Waals surface area contributed by atoms with Crippen LogP contribution >= 0.6 is 0 Å². The van der Waals surface area contributed by atoms with E-state index in [4.69, 9.17) is 4.52 Å². The van der Waals surface area contributed by atoms with Crippen molar-refractivity contribution >= 4 is 11.8 Å². The van der Waals surface area contributed by atoms with Gasteiger partial charge in [0.1, 0.15) is 11.5 Å². The third-order valence-electron chi connectivity index (χ3n) is 6.22. The molecule has 148 valence electrons. The molecule has 28 heavy (non-hydrogen) atoms. The first-order valence-corrected chi connectivity index (χ1v) is 10.1. The van der Waals surface area contributed by atoms with Crippen molar-refractivity contribution in [2.75, 3.05) is 20.1 Å². The molecule has 1 aliphatic carbocycles. The first kappa shape index (κ1) is 18.7. The van der Waals surface area contributed by atoms with E-state index in [0.29, 0.717) is 31.7 Å². The van der Waals surface area contributed by atoms with Crippen LogP contribution in [-0.4, -0.2) is 42.0 Å². The average molecular weight is 381 g/mol. The van der Waals surface area contributed by atoms with Crippen LogP contribution in [0, 0.1) is 11.3 Å². The normalized spacial score (nSPS) is 22.5. The quantitative estimate of drug-likeness (QED) is 0.864. The van der Waals surface area contributed by atoms with Crippen LogP contribution in [0.25, 0.3) is 11.3 Å². The molecule has 2 amide bonds. The van der Waals surface area contributed by atoms with Crippen LogP contribution in [0.15, 0.2) is 40.9 Å². The van der Waals surface area contributed by atoms with Crippen molar-refractivity contribution in [1.82, 2.24) is 15.4 Å². The lowest BCUT2D eigenvalue weighted by Crippen LogP contribution is -2.44. The van der Waals surface area contributed by atoms with Crippen molar-refractivity contribution in [2.24, 2.45) is 11.3 Å². The second-order valence-electron chi connectivity index (χ2n) is 8.07. The molecule has 1 atom stereocenters. The van der Waals surface area contributed by atoms with E-state index < -0.39 is 5.41 Å². The summed E-state index contributed by atoms with van der Waals surface area (Å²) in [5.41, 5.74) is 1.09. The summed E-state index contributed by atoms with van der Waals surface area (Å²) in [5.74, 6) is 0.991. The van der Waals surface area contributed by atoms with Crippen LogP contribution in [0.1, 0.15) is 37.9 Å². The summed E-state index contributed by atoms with van der Waals surface area (Å²) < 4.78 is 5.56. The molecule has 4 rings (SSSR count). The zero-order valence-electron chi connectivity index (χ0n) is 16.3. The number of aromatic nitrogens is 1. The summed E-state index contributed by atoms with van der Waals surface area (Å²) in [6.07, 6.45) is 5.31. The number of hydrogen-bond donors (Lipinski definition) is 1. The number of amides is 2. The number of nitrogens with one attached hydrogen (secondary N) is 1. The number of nitrogens with zero attached hydrogens (tertiary/aromatic N) is 2. The lowest BCUT2D eigenvalue weighted by Gasteiger charge is -2.27. The third-order valence-corrected chi connectivity index (χ3v) is 6.22. The van der Waals surface area contributed by atoms with E-state index in [1.807, 2.05) is 41.3 Å². The first-order chi connectivity index (χ1) is 13.6. The molecule has 2 fully saturated rings. The summed E-state index contributed by atoms with van der Waals surface area (Å²) in [6.45, 7) is 1.08. The largest absolute Gasteiger partial charge is 0.361 e. The van der Waals surface area contributed by atoms with E-state index in [9.17, 15) is 9.59 Å². The lowest BCUT2D eigenvalue weighted by atomic mass is 9.81. The number of rotatable bonds is 5. The second kappa shape index (κ2) is 7.78. The highest BCUT2D eigenvalue weighted by atomic mass is 16.5. The van der Waals surface area contributed by atoms with E-state index >= 15 is 0 Å². The Kier molecular flexibility index (Phi) is 5.20. The van der Waals surface area contributed by atoms with Crippen molar-refractivity contribution in [2.45, 2.75) is 38.5 Å². The summed E-state index contributed by atoms with van der Waals surface area (Å²) in [4.78, 5) is 27.5. The summed E-state index contributed by atoms with van der Waals surface area (Å²) in [6, 6.07) is 11.7. The Labute approximate surface area is 165 Å². The first-order valence-electron chi connectivity index (χ1n) is 10.1. The van der Waals surface area contributed by atoms with Gasteiger partial charge in [0.15, 0.2) is 0 Å². The van der Waals surface area contributed by atoms with Gasteiger partial charge in [-0.3, -0.25) is 9.59 Å². The molecule has 1 saturated heterocycles. The molecule has 1 aromatic carbocycles. The Morgan fingerprint density at radius 2 is 2.00 bits per heavy atom. The van der Waals surface area contributed by atoms with E-state index in [2.05, 4.69) is 10.5 Å². The Bertz CT molecular complexity index is 842. The molecule has 0 unspecified atom stereocenters. The third kappa shape index (κ3) is 3.55. The van der Waals surface area contributed by atoms with Gasteiger partial charge < -0.3 is 14.7 Å². The molecule has 2 aromatic rings. The molecule has 0 spiro atoms. The van der Waals surface area contributed by atoms with Gasteiger partial charge in [0.05, 0.1) is 5.41 Å². The van der Waals surface area contributed by atoms with Crippen molar-refractivity contribution in [3.8, 4) is 11.3 Å². The number of carbonyl (C=O) groups is 2. The fourth-order valence-corrected chi connectivity index (χ4v) is 4.64. The number of benzene rings is 1. The fourth-order valence-electron chi connectivity index (χ4n) is 4.64. The topological polar surface area (TPSA) is 75.4 Å². The fraction of sp³-hybridized carbons (Fsp3) is 0.500. The van der Waals surface area contributed by atoms with E-state index in [0.717, 1.165) is 36.9 Å². The standard InChI is InChI=1S/C22H27N3O3/c1-23-21(27)22(11-12-25(15-22)20(26)17-9-5-6-10-17)14-18-13-19(24-28-18)16-7-3-2-4-8-16/h2-4,7-8,13,17H,5-6,9-12,14-15H2,1H3,(H,23,27)/t22-/m1/s1. The van der Waals surface area contributed by atoms with Crippen LogP contribution in [0.3, 0.4) is 0 Å². The highest BCUT2D eigenvalue weighted by molar-refractivity contribution is 5.86. The van der Waals surface area contributed by atoms with Gasteiger partial charge in [0.2, 0.25) is 11.8 Å². The van der Waals surface area contributed by atoms with Crippen LogP contribution in [0.5, 0.6) is 0 Å². The Morgan fingerprint density at radius 3 is 2.71 bits per heavy atom. The van der Waals surface area contributed by atoms with E-state index in [1.54, 1.807) is 7.05 Å². The maximum absolute atomic E-state index is 12.8. The van der Waals surface area contributed by atoms with Crippen molar-refractivity contribution in [1.29, 1.82) is 0 Å². The molecular formula is C22H27N3O3. The highest BCUT2D eigenvalue weighted by Crippen LogP contribution is 2.37. The van der Waals surface area contributed by atoms with Gasteiger partial charge >= 0.3 is 0 Å². The van der Waals surface area contributed by atoms with E-state index in [-0.39, 0.29) is 17.7 Å². The van der Waals surface area contributed by atoms with Crippen LogP contribution in [-0.2, 0) is 16.0 Å². The molecule has 6 heteroatoms. The smallest absolute Gasteiger partial charge is 0.228 e. The zero-order valence-corrected chi connectivity index (χ0v) is 16.3. The minimum absolute atomic E-state index is 0.0353. The summed E-state index contributed by atoms with van der Waals surface area (Å²) in [7, 11) is 1.65. The summed E-state index contributed by atoms with van der Waals surface area (Å²) >= 11 is 0. The predicted molar refractivity (Wildman–Crippen MR) is 105 cm³/mol. The van der Waals surface area contributed by atoms with Gasteiger partial charge in [0, 0.05) is 44.1 Å². The Balaban J connectivity index is 1.52. The van der Waals surface area contributed by atoms with Crippen molar-refractivity contribution < 1.29 is 14.1 Å². The second-order valence-corrected chi connectivity index (χ2v) is 8.07. The molecule has 1 saturated carbocycles. The lowest BCUT2D eigenvalue weighted by molar-refractivity contribution is -0.136. The molecule has 1 aliphatic heterocycles. The molecule has 1 N–H and O–H groups in total. The van der Waals surface area contributed by atoms with Gasteiger partial charge in [-0.1, -0.05) is 48.3 Å². The highest BCUT2D eigenvalue weighted by Gasteiger charge is 2.47. The van der Waals surface area contributed by atoms with Gasteiger partial charge in [-0.2, -0.15) is 0 Å². The van der Waals surface area contributed by atoms with Gasteiger partial charge in [-0.15, -0.1) is 0 Å². The summed E-state index contributed by atoms with van der Waals surface area (Å²) in [5, 5.41) is 6.97. The van der Waals surface area contributed by atoms with Crippen LogP contribution in [0.2, 0.25) is 0 Å². The minimum Gasteiger partial charge on any atom is -0.361 e. The maximum Gasteiger partial charge on any atom is 0.228 e. The molecular weight excluding hydrogens is 354 g/mol. The van der Waals surface area contributed by atoms with E-state index in [1.165, 1.54) is 0 Å².